The predicted molar refractivity (Wildman–Crippen MR) is 89.2 cm³/mol. The Labute approximate surface area is 149 Å². The SMILES string of the molecule is CC(OC(=O)c1cccc(C(F)(F)F)c1)C(=O)N(C)Cc1ccccc1. The zero-order valence-corrected chi connectivity index (χ0v) is 14.3. The highest BCUT2D eigenvalue weighted by atomic mass is 19.4. The van der Waals surface area contributed by atoms with Gasteiger partial charge in [-0.2, -0.15) is 13.2 Å². The van der Waals surface area contributed by atoms with Gasteiger partial charge in [0.05, 0.1) is 11.1 Å². The lowest BCUT2D eigenvalue weighted by atomic mass is 10.1. The number of halogens is 3. The molecule has 7 heteroatoms. The highest BCUT2D eigenvalue weighted by molar-refractivity contribution is 5.92. The molecule has 0 aromatic heterocycles. The molecular weight excluding hydrogens is 347 g/mol. The van der Waals surface area contributed by atoms with Gasteiger partial charge in [0.25, 0.3) is 5.91 Å². The summed E-state index contributed by atoms with van der Waals surface area (Å²) in [7, 11) is 1.56. The van der Waals surface area contributed by atoms with Gasteiger partial charge in [-0.05, 0) is 30.7 Å². The van der Waals surface area contributed by atoms with Crippen LogP contribution in [0.15, 0.2) is 54.6 Å². The van der Waals surface area contributed by atoms with Crippen molar-refractivity contribution >= 4 is 11.9 Å². The molecule has 138 valence electrons. The third-order valence-electron chi connectivity index (χ3n) is 3.70. The summed E-state index contributed by atoms with van der Waals surface area (Å²) in [5, 5.41) is 0. The highest BCUT2D eigenvalue weighted by Gasteiger charge is 2.31. The number of rotatable bonds is 5. The van der Waals surface area contributed by atoms with Crippen LogP contribution in [-0.4, -0.2) is 29.9 Å². The number of likely N-dealkylation sites (N-methyl/N-ethyl adjacent to an activating group) is 1. The lowest BCUT2D eigenvalue weighted by molar-refractivity contribution is -0.139. The maximum atomic E-state index is 12.7. The van der Waals surface area contributed by atoms with Crippen LogP contribution in [0.2, 0.25) is 0 Å². The topological polar surface area (TPSA) is 46.6 Å². The molecule has 1 amide bonds. The molecule has 0 radical (unpaired) electrons. The summed E-state index contributed by atoms with van der Waals surface area (Å²) in [5.74, 6) is -1.43. The first-order chi connectivity index (χ1) is 12.2. The quantitative estimate of drug-likeness (QED) is 0.755. The summed E-state index contributed by atoms with van der Waals surface area (Å²) in [5.41, 5.74) is -0.308. The summed E-state index contributed by atoms with van der Waals surface area (Å²) in [6.45, 7) is 1.71. The lowest BCUT2D eigenvalue weighted by Crippen LogP contribution is -2.37. The third kappa shape index (κ3) is 5.08. The molecule has 0 bridgehead atoms. The van der Waals surface area contributed by atoms with Crippen molar-refractivity contribution < 1.29 is 27.5 Å². The van der Waals surface area contributed by atoms with Gasteiger partial charge in [0.2, 0.25) is 0 Å². The van der Waals surface area contributed by atoms with Crippen molar-refractivity contribution in [1.29, 1.82) is 0 Å². The van der Waals surface area contributed by atoms with Crippen LogP contribution in [0, 0.1) is 0 Å². The van der Waals surface area contributed by atoms with Crippen molar-refractivity contribution in [2.45, 2.75) is 25.7 Å². The monoisotopic (exact) mass is 365 g/mol. The molecule has 4 nitrogen and oxygen atoms in total. The van der Waals surface area contributed by atoms with E-state index in [1.54, 1.807) is 7.05 Å². The largest absolute Gasteiger partial charge is 0.449 e. The molecule has 0 saturated heterocycles. The number of hydrogen-bond donors (Lipinski definition) is 0. The fraction of sp³-hybridized carbons (Fsp3) is 0.263. The summed E-state index contributed by atoms with van der Waals surface area (Å²) < 4.78 is 43.2. The first-order valence-electron chi connectivity index (χ1n) is 7.85. The Morgan fingerprint density at radius 3 is 2.35 bits per heavy atom. The molecule has 2 rings (SSSR count). The molecular formula is C19H18F3NO3. The maximum Gasteiger partial charge on any atom is 0.416 e. The van der Waals surface area contributed by atoms with Gasteiger partial charge in [-0.1, -0.05) is 36.4 Å². The van der Waals surface area contributed by atoms with Crippen molar-refractivity contribution in [3.05, 3.63) is 71.3 Å². The average Bonchev–Trinajstić information content (AvgIpc) is 2.61. The highest BCUT2D eigenvalue weighted by Crippen LogP contribution is 2.29. The van der Waals surface area contributed by atoms with E-state index in [0.29, 0.717) is 12.6 Å². The van der Waals surface area contributed by atoms with E-state index < -0.39 is 29.7 Å². The fourth-order valence-electron chi connectivity index (χ4n) is 2.35. The van der Waals surface area contributed by atoms with Gasteiger partial charge in [0.15, 0.2) is 6.10 Å². The van der Waals surface area contributed by atoms with E-state index in [1.165, 1.54) is 17.9 Å². The molecule has 26 heavy (non-hydrogen) atoms. The molecule has 0 aliphatic heterocycles. The average molecular weight is 365 g/mol. The molecule has 0 aliphatic rings. The third-order valence-corrected chi connectivity index (χ3v) is 3.70. The van der Waals surface area contributed by atoms with Crippen molar-refractivity contribution in [1.82, 2.24) is 4.90 Å². The van der Waals surface area contributed by atoms with Gasteiger partial charge in [0.1, 0.15) is 0 Å². The molecule has 0 aliphatic carbocycles. The van der Waals surface area contributed by atoms with Gasteiger partial charge < -0.3 is 9.64 Å². The van der Waals surface area contributed by atoms with Crippen LogP contribution >= 0.6 is 0 Å². The Kier molecular flexibility index (Phi) is 6.02. The second-order valence-electron chi connectivity index (χ2n) is 5.81. The summed E-state index contributed by atoms with van der Waals surface area (Å²) in [6, 6.07) is 13.1. The lowest BCUT2D eigenvalue weighted by Gasteiger charge is -2.21. The van der Waals surface area contributed by atoms with Crippen LogP contribution in [0.1, 0.15) is 28.4 Å². The van der Waals surface area contributed by atoms with Crippen LogP contribution in [0.4, 0.5) is 13.2 Å². The second-order valence-corrected chi connectivity index (χ2v) is 5.81. The molecule has 0 fully saturated rings. The Hall–Kier alpha value is -2.83. The molecule has 0 spiro atoms. The standard InChI is InChI=1S/C19H18F3NO3/c1-13(17(24)23(2)12-14-7-4-3-5-8-14)26-18(25)15-9-6-10-16(11-15)19(20,21)22/h3-11,13H,12H2,1-2H3. The van der Waals surface area contributed by atoms with E-state index in [1.807, 2.05) is 30.3 Å². The van der Waals surface area contributed by atoms with Gasteiger partial charge >= 0.3 is 12.1 Å². The van der Waals surface area contributed by atoms with E-state index in [4.69, 9.17) is 4.74 Å². The van der Waals surface area contributed by atoms with Crippen LogP contribution in [0.5, 0.6) is 0 Å². The number of alkyl halides is 3. The zero-order valence-electron chi connectivity index (χ0n) is 14.3. The van der Waals surface area contributed by atoms with Crippen LogP contribution in [0.3, 0.4) is 0 Å². The first kappa shape index (κ1) is 19.5. The molecule has 1 unspecified atom stereocenters. The molecule has 1 atom stereocenters. The van der Waals surface area contributed by atoms with Crippen molar-refractivity contribution in [3.8, 4) is 0 Å². The van der Waals surface area contributed by atoms with Crippen LogP contribution in [0.25, 0.3) is 0 Å². The molecule has 0 N–H and O–H groups in total. The number of benzene rings is 2. The molecule has 2 aromatic carbocycles. The minimum Gasteiger partial charge on any atom is -0.449 e. The van der Waals surface area contributed by atoms with Crippen molar-refractivity contribution in [3.63, 3.8) is 0 Å². The van der Waals surface area contributed by atoms with Crippen LogP contribution < -0.4 is 0 Å². The number of amides is 1. The summed E-state index contributed by atoms with van der Waals surface area (Å²) >= 11 is 0. The van der Waals surface area contributed by atoms with E-state index in [-0.39, 0.29) is 5.56 Å². The fourth-order valence-corrected chi connectivity index (χ4v) is 2.35. The number of ether oxygens (including phenoxy) is 1. The Balaban J connectivity index is 2.01. The van der Waals surface area contributed by atoms with E-state index in [2.05, 4.69) is 0 Å². The maximum absolute atomic E-state index is 12.7. The first-order valence-corrected chi connectivity index (χ1v) is 7.85. The normalized spacial score (nSPS) is 12.3. The number of esters is 1. The number of hydrogen-bond acceptors (Lipinski definition) is 3. The number of carbonyl (C=O) groups is 2. The van der Waals surface area contributed by atoms with E-state index in [9.17, 15) is 22.8 Å². The Bertz CT molecular complexity index is 775. The number of carbonyl (C=O) groups excluding carboxylic acids is 2. The van der Waals surface area contributed by atoms with Gasteiger partial charge in [-0.3, -0.25) is 4.79 Å². The Morgan fingerprint density at radius 1 is 1.08 bits per heavy atom. The zero-order chi connectivity index (χ0) is 19.3. The summed E-state index contributed by atoms with van der Waals surface area (Å²) in [6.07, 6.45) is -5.68. The van der Waals surface area contributed by atoms with Gasteiger partial charge in [0, 0.05) is 13.6 Å². The van der Waals surface area contributed by atoms with Gasteiger partial charge in [-0.25, -0.2) is 4.79 Å². The smallest absolute Gasteiger partial charge is 0.416 e. The molecule has 0 saturated carbocycles. The minimum absolute atomic E-state index is 0.259. The van der Waals surface area contributed by atoms with Crippen molar-refractivity contribution in [2.75, 3.05) is 7.05 Å². The molecule has 2 aromatic rings. The minimum atomic E-state index is -4.56. The van der Waals surface area contributed by atoms with E-state index >= 15 is 0 Å². The Morgan fingerprint density at radius 2 is 1.73 bits per heavy atom. The van der Waals surface area contributed by atoms with E-state index in [0.717, 1.165) is 17.7 Å². The second kappa shape index (κ2) is 8.03. The predicted octanol–water partition coefficient (Wildman–Crippen LogP) is 3.91. The van der Waals surface area contributed by atoms with Crippen molar-refractivity contribution in [2.24, 2.45) is 0 Å². The summed E-state index contributed by atoms with van der Waals surface area (Å²) in [4.78, 5) is 25.8. The van der Waals surface area contributed by atoms with Gasteiger partial charge in [-0.15, -0.1) is 0 Å². The molecule has 0 heterocycles. The number of nitrogens with zero attached hydrogens (tertiary/aromatic N) is 1. The van der Waals surface area contributed by atoms with Crippen LogP contribution in [-0.2, 0) is 22.3 Å².